The van der Waals surface area contributed by atoms with Crippen molar-refractivity contribution in [2.75, 3.05) is 16.2 Å². The molecule has 1 N–H and O–H groups in total. The van der Waals surface area contributed by atoms with E-state index in [-0.39, 0.29) is 10.8 Å². The summed E-state index contributed by atoms with van der Waals surface area (Å²) in [4.78, 5) is 13.6. The molecule has 0 radical (unpaired) electrons. The molecular formula is C17H18N2O3S. The van der Waals surface area contributed by atoms with Gasteiger partial charge in [-0.25, -0.2) is 8.42 Å². The number of amides is 1. The first kappa shape index (κ1) is 15.6. The second kappa shape index (κ2) is 6.04. The highest BCUT2D eigenvalue weighted by atomic mass is 32.2. The van der Waals surface area contributed by atoms with Gasteiger partial charge in [-0.2, -0.15) is 0 Å². The van der Waals surface area contributed by atoms with E-state index in [9.17, 15) is 13.2 Å². The van der Waals surface area contributed by atoms with Gasteiger partial charge in [-0.05, 0) is 48.7 Å². The number of para-hydroxylation sites is 1. The molecule has 0 atom stereocenters. The molecule has 23 heavy (non-hydrogen) atoms. The molecule has 1 aliphatic rings. The van der Waals surface area contributed by atoms with Crippen molar-refractivity contribution in [3.63, 3.8) is 0 Å². The van der Waals surface area contributed by atoms with Gasteiger partial charge in [-0.1, -0.05) is 18.2 Å². The molecule has 5 nitrogen and oxygen atoms in total. The van der Waals surface area contributed by atoms with E-state index in [0.29, 0.717) is 12.2 Å². The Morgan fingerprint density at radius 1 is 1.13 bits per heavy atom. The van der Waals surface area contributed by atoms with Crippen molar-refractivity contribution in [1.29, 1.82) is 0 Å². The average Bonchev–Trinajstić information content (AvgIpc) is 2.54. The lowest BCUT2D eigenvalue weighted by molar-refractivity contribution is -0.116. The van der Waals surface area contributed by atoms with Crippen LogP contribution in [0.4, 0.5) is 11.4 Å². The van der Waals surface area contributed by atoms with Gasteiger partial charge in [0, 0.05) is 24.8 Å². The molecule has 0 fully saturated rings. The molecule has 0 bridgehead atoms. The molecule has 0 aliphatic carbocycles. The Hall–Kier alpha value is -2.34. The van der Waals surface area contributed by atoms with E-state index in [1.807, 2.05) is 6.07 Å². The van der Waals surface area contributed by atoms with Crippen LogP contribution in [0.2, 0.25) is 0 Å². The lowest BCUT2D eigenvalue weighted by Gasteiger charge is -2.28. The summed E-state index contributed by atoms with van der Waals surface area (Å²) in [6.07, 6.45) is 1.61. The monoisotopic (exact) mass is 330 g/mol. The Labute approximate surface area is 136 Å². The van der Waals surface area contributed by atoms with Gasteiger partial charge < -0.3 is 4.90 Å². The van der Waals surface area contributed by atoms with E-state index in [1.165, 1.54) is 6.92 Å². The third-order valence-corrected chi connectivity index (χ3v) is 5.26. The van der Waals surface area contributed by atoms with Gasteiger partial charge in [-0.3, -0.25) is 9.52 Å². The maximum atomic E-state index is 12.5. The highest BCUT2D eigenvalue weighted by Crippen LogP contribution is 2.30. The number of carbonyl (C=O) groups is 1. The molecule has 3 rings (SSSR count). The van der Waals surface area contributed by atoms with Crippen molar-refractivity contribution < 1.29 is 13.2 Å². The van der Waals surface area contributed by atoms with Gasteiger partial charge in [0.15, 0.2) is 0 Å². The zero-order valence-electron chi connectivity index (χ0n) is 12.8. The molecule has 1 amide bonds. The van der Waals surface area contributed by atoms with E-state index < -0.39 is 10.0 Å². The number of carbonyl (C=O) groups excluding carboxylic acids is 1. The first-order chi connectivity index (χ1) is 11.0. The number of anilines is 2. The molecule has 120 valence electrons. The highest BCUT2D eigenvalue weighted by molar-refractivity contribution is 7.92. The van der Waals surface area contributed by atoms with E-state index in [2.05, 4.69) is 4.72 Å². The van der Waals surface area contributed by atoms with Crippen molar-refractivity contribution in [1.82, 2.24) is 0 Å². The summed E-state index contributed by atoms with van der Waals surface area (Å²) in [5, 5.41) is 0. The molecule has 1 aliphatic heterocycles. The first-order valence-corrected chi connectivity index (χ1v) is 8.94. The third-order valence-electron chi connectivity index (χ3n) is 3.89. The first-order valence-electron chi connectivity index (χ1n) is 7.46. The number of rotatable bonds is 3. The second-order valence-electron chi connectivity index (χ2n) is 5.54. The number of benzene rings is 2. The molecule has 6 heteroatoms. The van der Waals surface area contributed by atoms with E-state index in [0.717, 1.165) is 24.1 Å². The van der Waals surface area contributed by atoms with Gasteiger partial charge in [0.05, 0.1) is 4.90 Å². The predicted molar refractivity (Wildman–Crippen MR) is 90.0 cm³/mol. The van der Waals surface area contributed by atoms with Gasteiger partial charge in [0.25, 0.3) is 10.0 Å². The van der Waals surface area contributed by atoms with E-state index >= 15 is 0 Å². The minimum Gasteiger partial charge on any atom is -0.312 e. The topological polar surface area (TPSA) is 66.5 Å². The van der Waals surface area contributed by atoms with Gasteiger partial charge >= 0.3 is 0 Å². The van der Waals surface area contributed by atoms with Gasteiger partial charge in [0.2, 0.25) is 5.91 Å². The Kier molecular flexibility index (Phi) is 4.09. The summed E-state index contributed by atoms with van der Waals surface area (Å²) in [5.74, 6) is -0.0241. The molecule has 0 aromatic heterocycles. The molecule has 1 heterocycles. The number of nitrogens with zero attached hydrogens (tertiary/aromatic N) is 1. The summed E-state index contributed by atoms with van der Waals surface area (Å²) in [5.41, 5.74) is 2.22. The van der Waals surface area contributed by atoms with Crippen LogP contribution in [0.1, 0.15) is 18.9 Å². The second-order valence-corrected chi connectivity index (χ2v) is 7.22. The number of sulfonamides is 1. The van der Waals surface area contributed by atoms with Gasteiger partial charge in [-0.15, -0.1) is 0 Å². The fourth-order valence-corrected chi connectivity index (χ4v) is 3.90. The van der Waals surface area contributed by atoms with Crippen molar-refractivity contribution in [2.45, 2.75) is 24.7 Å². The maximum absolute atomic E-state index is 12.5. The Morgan fingerprint density at radius 3 is 2.57 bits per heavy atom. The van der Waals surface area contributed by atoms with Crippen LogP contribution >= 0.6 is 0 Å². The molecule has 0 saturated heterocycles. The Morgan fingerprint density at radius 2 is 1.87 bits per heavy atom. The molecule has 0 saturated carbocycles. The summed E-state index contributed by atoms with van der Waals surface area (Å²) in [7, 11) is -3.64. The highest BCUT2D eigenvalue weighted by Gasteiger charge is 2.23. The average molecular weight is 330 g/mol. The van der Waals surface area contributed by atoms with Gasteiger partial charge in [0.1, 0.15) is 0 Å². The number of nitrogens with one attached hydrogen (secondary N) is 1. The Balaban J connectivity index is 1.94. The number of hydrogen-bond donors (Lipinski definition) is 1. The van der Waals surface area contributed by atoms with E-state index in [1.54, 1.807) is 47.4 Å². The van der Waals surface area contributed by atoms with Crippen LogP contribution < -0.4 is 9.62 Å². The zero-order chi connectivity index (χ0) is 16.4. The normalized spacial score (nSPS) is 14.2. The summed E-state index contributed by atoms with van der Waals surface area (Å²) >= 11 is 0. The summed E-state index contributed by atoms with van der Waals surface area (Å²) < 4.78 is 27.6. The van der Waals surface area contributed by atoms with Crippen LogP contribution in [0.25, 0.3) is 0 Å². The number of fused-ring (bicyclic) bond motifs is 1. The van der Waals surface area contributed by atoms with Crippen LogP contribution in [0, 0.1) is 0 Å². The SMILES string of the molecule is CC(=O)N1CCCc2cc(S(=O)(=O)Nc3ccccc3)ccc21. The molecular weight excluding hydrogens is 312 g/mol. The van der Waals surface area contributed by atoms with Crippen molar-refractivity contribution in [2.24, 2.45) is 0 Å². The number of hydrogen-bond acceptors (Lipinski definition) is 3. The van der Waals surface area contributed by atoms with Crippen molar-refractivity contribution >= 4 is 27.3 Å². The molecule has 2 aromatic rings. The summed E-state index contributed by atoms with van der Waals surface area (Å²) in [6.45, 7) is 2.20. The molecule has 2 aromatic carbocycles. The zero-order valence-corrected chi connectivity index (χ0v) is 13.6. The van der Waals surface area contributed by atoms with Crippen LogP contribution in [-0.2, 0) is 21.2 Å². The summed E-state index contributed by atoms with van der Waals surface area (Å²) in [6, 6.07) is 13.7. The van der Waals surface area contributed by atoms with Crippen molar-refractivity contribution in [3.05, 3.63) is 54.1 Å². The lowest BCUT2D eigenvalue weighted by atomic mass is 10.0. The largest absolute Gasteiger partial charge is 0.312 e. The third kappa shape index (κ3) is 3.22. The smallest absolute Gasteiger partial charge is 0.261 e. The van der Waals surface area contributed by atoms with Crippen LogP contribution in [0.15, 0.2) is 53.4 Å². The number of aryl methyl sites for hydroxylation is 1. The standard InChI is InChI=1S/C17H18N2O3S/c1-13(20)19-11-5-6-14-12-16(9-10-17(14)19)23(21,22)18-15-7-3-2-4-8-15/h2-4,7-10,12,18H,5-6,11H2,1H3. The quantitative estimate of drug-likeness (QED) is 0.941. The molecule has 0 spiro atoms. The van der Waals surface area contributed by atoms with Crippen molar-refractivity contribution in [3.8, 4) is 0 Å². The van der Waals surface area contributed by atoms with Crippen LogP contribution in [0.3, 0.4) is 0 Å². The molecule has 0 unspecified atom stereocenters. The van der Waals surface area contributed by atoms with E-state index in [4.69, 9.17) is 0 Å². The minimum absolute atomic E-state index is 0.0241. The van der Waals surface area contributed by atoms with Crippen LogP contribution in [0.5, 0.6) is 0 Å². The fourth-order valence-electron chi connectivity index (χ4n) is 2.79. The fraction of sp³-hybridized carbons (Fsp3) is 0.235. The predicted octanol–water partition coefficient (Wildman–Crippen LogP) is 2.79. The van der Waals surface area contributed by atoms with Crippen LogP contribution in [-0.4, -0.2) is 20.9 Å². The Bertz CT molecular complexity index is 832. The maximum Gasteiger partial charge on any atom is 0.261 e. The minimum atomic E-state index is -3.64. The lowest BCUT2D eigenvalue weighted by Crippen LogP contribution is -2.33.